The third-order valence-electron chi connectivity index (χ3n) is 3.05. The molecule has 1 aromatic rings. The van der Waals surface area contributed by atoms with E-state index in [1.54, 1.807) is 7.11 Å². The first kappa shape index (κ1) is 15.2. The molecule has 0 aliphatic carbocycles. The van der Waals surface area contributed by atoms with Gasteiger partial charge in [0.25, 0.3) is 0 Å². The maximum atomic E-state index is 12.4. The maximum absolute atomic E-state index is 12.4. The average Bonchev–Trinajstić information content (AvgIpc) is 2.43. The molecule has 0 saturated carbocycles. The lowest BCUT2D eigenvalue weighted by atomic mass is 10.2. The molecular weight excluding hydrogens is 246 g/mol. The second-order valence-corrected chi connectivity index (χ2v) is 6.23. The van der Waals surface area contributed by atoms with Crippen molar-refractivity contribution >= 4 is 10.8 Å². The molecule has 0 aliphatic heterocycles. The van der Waals surface area contributed by atoms with Crippen molar-refractivity contribution < 1.29 is 8.95 Å². The summed E-state index contributed by atoms with van der Waals surface area (Å²) < 4.78 is 17.5. The monoisotopic (exact) mass is 269 g/mol. The van der Waals surface area contributed by atoms with E-state index < -0.39 is 10.8 Å². The lowest BCUT2D eigenvalue weighted by molar-refractivity contribution is 0.414. The van der Waals surface area contributed by atoms with Crippen LogP contribution in [0.2, 0.25) is 0 Å². The fraction of sp³-hybridized carbons (Fsp3) is 0.571. The Morgan fingerprint density at radius 2 is 1.89 bits per heavy atom. The van der Waals surface area contributed by atoms with E-state index in [1.165, 1.54) is 0 Å². The van der Waals surface area contributed by atoms with Gasteiger partial charge in [-0.25, -0.2) is 0 Å². The minimum atomic E-state index is -0.990. The second kappa shape index (κ2) is 7.54. The van der Waals surface area contributed by atoms with Crippen LogP contribution in [0.15, 0.2) is 29.2 Å². The van der Waals surface area contributed by atoms with Gasteiger partial charge in [0, 0.05) is 10.9 Å². The van der Waals surface area contributed by atoms with Gasteiger partial charge in [-0.1, -0.05) is 6.92 Å². The zero-order chi connectivity index (χ0) is 13.5. The summed E-state index contributed by atoms with van der Waals surface area (Å²) in [7, 11) is 0.640. The van der Waals surface area contributed by atoms with E-state index in [-0.39, 0.29) is 11.3 Å². The van der Waals surface area contributed by atoms with Crippen molar-refractivity contribution in [1.82, 2.24) is 5.32 Å². The van der Waals surface area contributed by atoms with Gasteiger partial charge in [-0.3, -0.25) is 4.21 Å². The number of hydrogen-bond donors (Lipinski definition) is 1. The van der Waals surface area contributed by atoms with Gasteiger partial charge in [-0.05, 0) is 51.1 Å². The molecule has 0 fully saturated rings. The largest absolute Gasteiger partial charge is 0.497 e. The minimum absolute atomic E-state index is 0.0879. The number of methoxy groups -OCH3 is 1. The summed E-state index contributed by atoms with van der Waals surface area (Å²) in [4.78, 5) is 0.855. The van der Waals surface area contributed by atoms with Crippen molar-refractivity contribution in [3.63, 3.8) is 0 Å². The highest BCUT2D eigenvalue weighted by Crippen LogP contribution is 2.18. The summed E-state index contributed by atoms with van der Waals surface area (Å²) in [5.74, 6) is 0.792. The molecule has 0 bridgehead atoms. The van der Waals surface area contributed by atoms with E-state index in [0.29, 0.717) is 0 Å². The van der Waals surface area contributed by atoms with Crippen LogP contribution >= 0.6 is 0 Å². The van der Waals surface area contributed by atoms with Crippen molar-refractivity contribution in [2.75, 3.05) is 13.7 Å². The fourth-order valence-electron chi connectivity index (χ4n) is 1.65. The highest BCUT2D eigenvalue weighted by atomic mass is 32.2. The third-order valence-corrected chi connectivity index (χ3v) is 4.87. The van der Waals surface area contributed by atoms with Crippen molar-refractivity contribution in [1.29, 1.82) is 0 Å². The van der Waals surface area contributed by atoms with Crippen LogP contribution in [0, 0.1) is 0 Å². The molecule has 1 aromatic carbocycles. The summed E-state index contributed by atoms with van der Waals surface area (Å²) in [5.41, 5.74) is 0. The van der Waals surface area contributed by atoms with Crippen molar-refractivity contribution in [3.8, 4) is 5.75 Å². The van der Waals surface area contributed by atoms with E-state index >= 15 is 0 Å². The highest BCUT2D eigenvalue weighted by Gasteiger charge is 2.19. The predicted octanol–water partition coefficient (Wildman–Crippen LogP) is 2.58. The van der Waals surface area contributed by atoms with Gasteiger partial charge in [-0.15, -0.1) is 0 Å². The number of ether oxygens (including phenoxy) is 1. The Labute approximate surface area is 112 Å². The van der Waals surface area contributed by atoms with Crippen molar-refractivity contribution in [2.24, 2.45) is 0 Å². The van der Waals surface area contributed by atoms with E-state index in [0.717, 1.165) is 23.6 Å². The van der Waals surface area contributed by atoms with Crippen LogP contribution in [0.5, 0.6) is 5.75 Å². The van der Waals surface area contributed by atoms with Gasteiger partial charge < -0.3 is 10.1 Å². The molecule has 1 N–H and O–H groups in total. The molecule has 0 aliphatic rings. The van der Waals surface area contributed by atoms with Gasteiger partial charge in [-0.2, -0.15) is 0 Å². The summed E-state index contributed by atoms with van der Waals surface area (Å²) >= 11 is 0. The van der Waals surface area contributed by atoms with Crippen LogP contribution < -0.4 is 10.1 Å². The third kappa shape index (κ3) is 4.10. The SMILES string of the molecule is CCCNC(C)C(C)S(=O)c1ccc(OC)cc1. The molecule has 0 spiro atoms. The Morgan fingerprint density at radius 3 is 2.39 bits per heavy atom. The van der Waals surface area contributed by atoms with Gasteiger partial charge in [0.2, 0.25) is 0 Å². The molecule has 4 heteroatoms. The Balaban J connectivity index is 2.67. The van der Waals surface area contributed by atoms with Gasteiger partial charge in [0.05, 0.1) is 23.2 Å². The molecule has 3 atom stereocenters. The molecule has 0 aromatic heterocycles. The molecular formula is C14H23NO2S. The van der Waals surface area contributed by atoms with E-state index in [4.69, 9.17) is 4.74 Å². The summed E-state index contributed by atoms with van der Waals surface area (Å²) in [6, 6.07) is 7.69. The molecule has 3 nitrogen and oxygen atoms in total. The lowest BCUT2D eigenvalue weighted by Gasteiger charge is -2.20. The lowest BCUT2D eigenvalue weighted by Crippen LogP contribution is -2.38. The Morgan fingerprint density at radius 1 is 1.28 bits per heavy atom. The molecule has 18 heavy (non-hydrogen) atoms. The zero-order valence-electron chi connectivity index (χ0n) is 11.6. The number of benzene rings is 1. The first-order valence-corrected chi connectivity index (χ1v) is 7.59. The molecule has 1 rings (SSSR count). The van der Waals surface area contributed by atoms with Crippen LogP contribution in [0.25, 0.3) is 0 Å². The second-order valence-electron chi connectivity index (χ2n) is 4.42. The zero-order valence-corrected chi connectivity index (χ0v) is 12.4. The van der Waals surface area contributed by atoms with Gasteiger partial charge >= 0.3 is 0 Å². The first-order chi connectivity index (χ1) is 8.60. The van der Waals surface area contributed by atoms with Gasteiger partial charge in [0.15, 0.2) is 0 Å². The number of nitrogens with one attached hydrogen (secondary N) is 1. The summed E-state index contributed by atoms with van der Waals surface area (Å²) in [6.07, 6.45) is 1.09. The van der Waals surface area contributed by atoms with E-state index in [2.05, 4.69) is 19.2 Å². The number of rotatable bonds is 7. The maximum Gasteiger partial charge on any atom is 0.118 e. The Hall–Kier alpha value is -0.870. The molecule has 102 valence electrons. The van der Waals surface area contributed by atoms with Crippen LogP contribution in [0.3, 0.4) is 0 Å². The summed E-state index contributed by atoms with van der Waals surface area (Å²) in [5, 5.41) is 3.48. The molecule has 0 radical (unpaired) electrons. The fourth-order valence-corrected chi connectivity index (χ4v) is 2.95. The average molecular weight is 269 g/mol. The summed E-state index contributed by atoms with van der Waals surface area (Å²) in [6.45, 7) is 7.20. The Bertz CT molecular complexity index is 378. The van der Waals surface area contributed by atoms with Crippen LogP contribution in [-0.2, 0) is 10.8 Å². The molecule has 0 heterocycles. The number of hydrogen-bond acceptors (Lipinski definition) is 3. The van der Waals surface area contributed by atoms with Crippen LogP contribution in [-0.4, -0.2) is 29.2 Å². The standard InChI is InChI=1S/C14H23NO2S/c1-5-10-15-11(2)12(3)18(16)14-8-6-13(17-4)7-9-14/h6-9,11-12,15H,5,10H2,1-4H3. The predicted molar refractivity (Wildman–Crippen MR) is 76.6 cm³/mol. The normalized spacial score (nSPS) is 16.0. The smallest absolute Gasteiger partial charge is 0.118 e. The first-order valence-electron chi connectivity index (χ1n) is 6.38. The quantitative estimate of drug-likeness (QED) is 0.827. The molecule has 3 unspecified atom stereocenters. The highest BCUT2D eigenvalue weighted by molar-refractivity contribution is 7.85. The topological polar surface area (TPSA) is 38.3 Å². The van der Waals surface area contributed by atoms with E-state index in [9.17, 15) is 4.21 Å². The molecule has 0 amide bonds. The van der Waals surface area contributed by atoms with Crippen LogP contribution in [0.4, 0.5) is 0 Å². The Kier molecular flexibility index (Phi) is 6.36. The molecule has 0 saturated heterocycles. The van der Waals surface area contributed by atoms with Crippen molar-refractivity contribution in [2.45, 2.75) is 43.4 Å². The van der Waals surface area contributed by atoms with Gasteiger partial charge in [0.1, 0.15) is 5.75 Å². The minimum Gasteiger partial charge on any atom is -0.497 e. The van der Waals surface area contributed by atoms with Crippen LogP contribution in [0.1, 0.15) is 27.2 Å². The van der Waals surface area contributed by atoms with Crippen molar-refractivity contribution in [3.05, 3.63) is 24.3 Å². The van der Waals surface area contributed by atoms with E-state index in [1.807, 2.05) is 31.2 Å².